The number of hydrogen-bond acceptors (Lipinski definition) is 5. The molecule has 0 radical (unpaired) electrons. The molecule has 1 atom stereocenters. The van der Waals surface area contributed by atoms with E-state index in [1.807, 2.05) is 0 Å². The molecule has 152 valence electrons. The molecule has 0 bridgehead atoms. The first-order valence-corrected chi connectivity index (χ1v) is 10.4. The van der Waals surface area contributed by atoms with Gasteiger partial charge in [-0.05, 0) is 37.3 Å². The predicted octanol–water partition coefficient (Wildman–Crippen LogP) is 5.04. The van der Waals surface area contributed by atoms with Gasteiger partial charge in [0, 0.05) is 23.0 Å². The third-order valence-electron chi connectivity index (χ3n) is 3.91. The molecule has 0 saturated carbocycles. The molecule has 0 aliphatic carbocycles. The van der Waals surface area contributed by atoms with Gasteiger partial charge in [-0.2, -0.15) is 0 Å². The lowest BCUT2D eigenvalue weighted by atomic mass is 10.1. The minimum Gasteiger partial charge on any atom is -0.377 e. The predicted molar refractivity (Wildman–Crippen MR) is 108 cm³/mol. The molecule has 0 aliphatic rings. The number of benzene rings is 2. The van der Waals surface area contributed by atoms with Crippen LogP contribution in [0.15, 0.2) is 53.8 Å². The number of halogens is 4. The average molecular weight is 459 g/mol. The number of anilines is 2. The molecule has 11 heteroatoms. The molecule has 3 rings (SSSR count). The van der Waals surface area contributed by atoms with Crippen LogP contribution in [0.3, 0.4) is 0 Å². The van der Waals surface area contributed by atoms with Gasteiger partial charge in [-0.1, -0.05) is 23.2 Å². The Balaban J connectivity index is 1.88. The molecule has 0 amide bonds. The highest BCUT2D eigenvalue weighted by atomic mass is 35.5. The number of hydrogen-bond donors (Lipinski definition) is 2. The van der Waals surface area contributed by atoms with Crippen molar-refractivity contribution in [3.05, 3.63) is 76.2 Å². The summed E-state index contributed by atoms with van der Waals surface area (Å²) < 4.78 is 55.6. The molecule has 1 heterocycles. The molecule has 2 aromatic carbocycles. The van der Waals surface area contributed by atoms with Crippen LogP contribution < -0.4 is 10.0 Å². The molecule has 1 aromatic heterocycles. The highest BCUT2D eigenvalue weighted by molar-refractivity contribution is 7.92. The van der Waals surface area contributed by atoms with Gasteiger partial charge < -0.3 is 5.32 Å². The first-order valence-electron chi connectivity index (χ1n) is 8.17. The first kappa shape index (κ1) is 21.2. The Labute approximate surface area is 176 Å². The van der Waals surface area contributed by atoms with E-state index in [2.05, 4.69) is 20.0 Å². The van der Waals surface area contributed by atoms with Gasteiger partial charge in [0.05, 0.1) is 22.9 Å². The minimum atomic E-state index is -4.29. The topological polar surface area (TPSA) is 84.0 Å². The van der Waals surface area contributed by atoms with Crippen LogP contribution in [0.1, 0.15) is 18.5 Å². The van der Waals surface area contributed by atoms with Crippen LogP contribution in [0.25, 0.3) is 0 Å². The highest BCUT2D eigenvalue weighted by Gasteiger charge is 2.23. The molecule has 1 unspecified atom stereocenters. The maximum atomic E-state index is 14.6. The standard InChI is InChI=1S/C18H14Cl2F2N4O2S/c1-10(12-6-11(19)2-3-14(12)21)25-16-8-15(22)17(7-13(16)20)29(27,28)26-18-9-23-4-5-24-18/h2-10,25H,1H3,(H,24,26). The van der Waals surface area contributed by atoms with E-state index in [1.54, 1.807) is 6.92 Å². The zero-order valence-corrected chi connectivity index (χ0v) is 17.2. The first-order chi connectivity index (χ1) is 13.7. The lowest BCUT2D eigenvalue weighted by Gasteiger charge is -2.18. The van der Waals surface area contributed by atoms with Gasteiger partial charge in [-0.15, -0.1) is 0 Å². The molecule has 2 N–H and O–H groups in total. The minimum absolute atomic E-state index is 0.0693. The fourth-order valence-corrected chi connectivity index (χ4v) is 4.09. The molecule has 0 fully saturated rings. The monoisotopic (exact) mass is 458 g/mol. The van der Waals surface area contributed by atoms with Crippen LogP contribution in [0.5, 0.6) is 0 Å². The van der Waals surface area contributed by atoms with E-state index < -0.39 is 32.6 Å². The van der Waals surface area contributed by atoms with Crippen molar-refractivity contribution in [2.24, 2.45) is 0 Å². The summed E-state index contributed by atoms with van der Waals surface area (Å²) in [5.41, 5.74) is 0.337. The Kier molecular flexibility index (Phi) is 6.21. The fraction of sp³-hybridized carbons (Fsp3) is 0.111. The Morgan fingerprint density at radius 2 is 1.83 bits per heavy atom. The molecule has 0 aliphatic heterocycles. The van der Waals surface area contributed by atoms with E-state index in [1.165, 1.54) is 36.8 Å². The van der Waals surface area contributed by atoms with Crippen molar-refractivity contribution in [3.63, 3.8) is 0 Å². The van der Waals surface area contributed by atoms with Crippen molar-refractivity contribution < 1.29 is 17.2 Å². The molecular formula is C18H14Cl2F2N4O2S. The van der Waals surface area contributed by atoms with Crippen LogP contribution in [0, 0.1) is 11.6 Å². The second kappa shape index (κ2) is 8.48. The quantitative estimate of drug-likeness (QED) is 0.540. The molecule has 6 nitrogen and oxygen atoms in total. The Hall–Kier alpha value is -2.49. The third kappa shape index (κ3) is 4.92. The van der Waals surface area contributed by atoms with Crippen LogP contribution >= 0.6 is 23.2 Å². The van der Waals surface area contributed by atoms with Crippen LogP contribution in [-0.4, -0.2) is 18.4 Å². The lowest BCUT2D eigenvalue weighted by Crippen LogP contribution is -2.16. The SMILES string of the molecule is CC(Nc1cc(F)c(S(=O)(=O)Nc2cnccn2)cc1Cl)c1cc(Cl)ccc1F. The van der Waals surface area contributed by atoms with E-state index in [-0.39, 0.29) is 22.1 Å². The second-order valence-electron chi connectivity index (χ2n) is 5.99. The van der Waals surface area contributed by atoms with Crippen molar-refractivity contribution >= 4 is 44.7 Å². The van der Waals surface area contributed by atoms with Crippen molar-refractivity contribution in [2.45, 2.75) is 17.9 Å². The Morgan fingerprint density at radius 1 is 1.07 bits per heavy atom. The molecule has 0 spiro atoms. The zero-order valence-electron chi connectivity index (χ0n) is 14.8. The number of aromatic nitrogens is 2. The zero-order chi connectivity index (χ0) is 21.2. The van der Waals surface area contributed by atoms with Gasteiger partial charge in [0.1, 0.15) is 16.5 Å². The molecule has 29 heavy (non-hydrogen) atoms. The number of nitrogens with zero attached hydrogens (tertiary/aromatic N) is 2. The Morgan fingerprint density at radius 3 is 2.52 bits per heavy atom. The summed E-state index contributed by atoms with van der Waals surface area (Å²) in [6.45, 7) is 1.63. The second-order valence-corrected chi connectivity index (χ2v) is 8.48. The summed E-state index contributed by atoms with van der Waals surface area (Å²) >= 11 is 12.0. The van der Waals surface area contributed by atoms with E-state index >= 15 is 0 Å². The summed E-state index contributed by atoms with van der Waals surface area (Å²) in [5, 5.41) is 3.12. The summed E-state index contributed by atoms with van der Waals surface area (Å²) in [4.78, 5) is 6.85. The van der Waals surface area contributed by atoms with Crippen molar-refractivity contribution in [1.29, 1.82) is 0 Å². The largest absolute Gasteiger partial charge is 0.377 e. The number of sulfonamides is 1. The van der Waals surface area contributed by atoms with E-state index in [0.717, 1.165) is 12.1 Å². The lowest BCUT2D eigenvalue weighted by molar-refractivity contribution is 0.570. The van der Waals surface area contributed by atoms with Gasteiger partial charge in [-0.25, -0.2) is 22.2 Å². The summed E-state index contributed by atoms with van der Waals surface area (Å²) in [6, 6.07) is 5.31. The van der Waals surface area contributed by atoms with E-state index in [0.29, 0.717) is 5.02 Å². The molecule has 3 aromatic rings. The third-order valence-corrected chi connectivity index (χ3v) is 5.83. The highest BCUT2D eigenvalue weighted by Crippen LogP contribution is 2.32. The van der Waals surface area contributed by atoms with Gasteiger partial charge >= 0.3 is 0 Å². The fourth-order valence-electron chi connectivity index (χ4n) is 2.55. The van der Waals surface area contributed by atoms with Gasteiger partial charge in [0.15, 0.2) is 5.82 Å². The summed E-state index contributed by atoms with van der Waals surface area (Å²) in [7, 11) is -4.29. The van der Waals surface area contributed by atoms with Crippen molar-refractivity contribution in [3.8, 4) is 0 Å². The maximum Gasteiger partial charge on any atom is 0.266 e. The van der Waals surface area contributed by atoms with E-state index in [9.17, 15) is 17.2 Å². The van der Waals surface area contributed by atoms with Gasteiger partial charge in [0.2, 0.25) is 0 Å². The van der Waals surface area contributed by atoms with Gasteiger partial charge in [0.25, 0.3) is 10.0 Å². The summed E-state index contributed by atoms with van der Waals surface area (Å²) in [6.07, 6.45) is 3.82. The number of nitrogens with one attached hydrogen (secondary N) is 2. The average Bonchev–Trinajstić information content (AvgIpc) is 2.66. The van der Waals surface area contributed by atoms with E-state index in [4.69, 9.17) is 23.2 Å². The normalized spacial score (nSPS) is 12.4. The van der Waals surface area contributed by atoms with Gasteiger partial charge in [-0.3, -0.25) is 9.71 Å². The van der Waals surface area contributed by atoms with Crippen molar-refractivity contribution in [1.82, 2.24) is 9.97 Å². The smallest absolute Gasteiger partial charge is 0.266 e. The summed E-state index contributed by atoms with van der Waals surface area (Å²) in [5.74, 6) is -1.62. The van der Waals surface area contributed by atoms with Crippen LogP contribution in [0.4, 0.5) is 20.3 Å². The Bertz CT molecular complexity index is 1150. The molecule has 0 saturated heterocycles. The maximum absolute atomic E-state index is 14.6. The van der Waals surface area contributed by atoms with Crippen LogP contribution in [-0.2, 0) is 10.0 Å². The number of rotatable bonds is 6. The molecular weight excluding hydrogens is 445 g/mol. The van der Waals surface area contributed by atoms with Crippen molar-refractivity contribution in [2.75, 3.05) is 10.0 Å². The van der Waals surface area contributed by atoms with Crippen LogP contribution in [0.2, 0.25) is 10.0 Å².